The summed E-state index contributed by atoms with van der Waals surface area (Å²) in [5, 5.41) is 6.64. The molecule has 0 saturated heterocycles. The maximum absolute atomic E-state index is 12.8. The second-order valence-electron chi connectivity index (χ2n) is 5.57. The van der Waals surface area contributed by atoms with Crippen molar-refractivity contribution in [2.45, 2.75) is 39.3 Å². The first-order valence-corrected chi connectivity index (χ1v) is 7.55. The van der Waals surface area contributed by atoms with Gasteiger partial charge >= 0.3 is 0 Å². The summed E-state index contributed by atoms with van der Waals surface area (Å²) in [6.45, 7) is 7.61. The van der Waals surface area contributed by atoms with E-state index in [2.05, 4.69) is 22.5 Å². The van der Waals surface area contributed by atoms with Gasteiger partial charge in [0.25, 0.3) is 0 Å². The van der Waals surface area contributed by atoms with Crippen LogP contribution in [0.15, 0.2) is 29.3 Å². The van der Waals surface area contributed by atoms with Crippen molar-refractivity contribution in [2.24, 2.45) is 10.9 Å². The van der Waals surface area contributed by atoms with Crippen molar-refractivity contribution in [3.63, 3.8) is 0 Å². The fourth-order valence-electron chi connectivity index (χ4n) is 2.02. The van der Waals surface area contributed by atoms with Crippen LogP contribution in [0.4, 0.5) is 4.39 Å². The molecular weight excluding hydrogens is 269 g/mol. The van der Waals surface area contributed by atoms with E-state index in [0.29, 0.717) is 18.3 Å². The number of hydrogen-bond donors (Lipinski definition) is 2. The number of rotatable bonds is 6. The minimum absolute atomic E-state index is 0.0671. The van der Waals surface area contributed by atoms with Crippen LogP contribution in [0.25, 0.3) is 0 Å². The number of guanidine groups is 1. The van der Waals surface area contributed by atoms with Crippen molar-refractivity contribution < 1.29 is 9.13 Å². The van der Waals surface area contributed by atoms with Crippen LogP contribution in [0.1, 0.15) is 27.2 Å². The topological polar surface area (TPSA) is 45.7 Å². The minimum atomic E-state index is -0.259. The third kappa shape index (κ3) is 5.25. The largest absolute Gasteiger partial charge is 0.489 e. The summed E-state index contributed by atoms with van der Waals surface area (Å²) in [5.41, 5.74) is 0. The molecule has 0 aromatic heterocycles. The van der Waals surface area contributed by atoms with Gasteiger partial charge in [-0.05, 0) is 50.5 Å². The van der Waals surface area contributed by atoms with Gasteiger partial charge in [0.2, 0.25) is 0 Å². The van der Waals surface area contributed by atoms with E-state index in [9.17, 15) is 4.39 Å². The van der Waals surface area contributed by atoms with E-state index in [1.165, 1.54) is 18.6 Å². The van der Waals surface area contributed by atoms with Crippen molar-refractivity contribution >= 4 is 5.96 Å². The Morgan fingerprint density at radius 3 is 2.67 bits per heavy atom. The van der Waals surface area contributed by atoms with Crippen LogP contribution in [0.5, 0.6) is 5.75 Å². The molecule has 2 N–H and O–H groups in total. The SMILES string of the molecule is CCNC(=NCC(C)Oc1ccc(F)cc1)NC1CC1C. The lowest BCUT2D eigenvalue weighted by Crippen LogP contribution is -2.39. The maximum atomic E-state index is 12.8. The van der Waals surface area contributed by atoms with E-state index in [1.807, 2.05) is 13.8 Å². The lowest BCUT2D eigenvalue weighted by atomic mass is 10.3. The molecule has 0 bridgehead atoms. The molecule has 2 rings (SSSR count). The zero-order valence-electron chi connectivity index (χ0n) is 12.9. The molecule has 0 radical (unpaired) electrons. The van der Waals surface area contributed by atoms with Crippen LogP contribution < -0.4 is 15.4 Å². The van der Waals surface area contributed by atoms with Gasteiger partial charge in [-0.1, -0.05) is 6.92 Å². The van der Waals surface area contributed by atoms with Crippen molar-refractivity contribution in [3.8, 4) is 5.75 Å². The molecule has 5 heteroatoms. The van der Waals surface area contributed by atoms with Crippen molar-refractivity contribution in [2.75, 3.05) is 13.1 Å². The number of hydrogen-bond acceptors (Lipinski definition) is 2. The molecule has 21 heavy (non-hydrogen) atoms. The predicted octanol–water partition coefficient (Wildman–Crippen LogP) is 2.56. The third-order valence-corrected chi connectivity index (χ3v) is 3.43. The van der Waals surface area contributed by atoms with Crippen molar-refractivity contribution in [3.05, 3.63) is 30.1 Å². The molecule has 0 amide bonds. The number of benzene rings is 1. The molecule has 3 atom stereocenters. The van der Waals surface area contributed by atoms with E-state index in [1.54, 1.807) is 12.1 Å². The number of ether oxygens (including phenoxy) is 1. The Hall–Kier alpha value is -1.78. The Bertz CT molecular complexity index is 475. The first-order valence-electron chi connectivity index (χ1n) is 7.55. The van der Waals surface area contributed by atoms with Gasteiger partial charge in [-0.3, -0.25) is 0 Å². The van der Waals surface area contributed by atoms with E-state index >= 15 is 0 Å². The van der Waals surface area contributed by atoms with Crippen LogP contribution in [0.2, 0.25) is 0 Å². The summed E-state index contributed by atoms with van der Waals surface area (Å²) < 4.78 is 18.5. The standard InChI is InChI=1S/C16H24FN3O/c1-4-18-16(20-15-9-11(15)2)19-10-12(3)21-14-7-5-13(17)6-8-14/h5-8,11-12,15H,4,9-10H2,1-3H3,(H2,18,19,20). The van der Waals surface area contributed by atoms with Crippen LogP contribution >= 0.6 is 0 Å². The zero-order chi connectivity index (χ0) is 15.2. The van der Waals surface area contributed by atoms with E-state index in [4.69, 9.17) is 4.74 Å². The quantitative estimate of drug-likeness (QED) is 0.626. The van der Waals surface area contributed by atoms with Gasteiger partial charge in [-0.2, -0.15) is 0 Å². The van der Waals surface area contributed by atoms with Crippen molar-refractivity contribution in [1.29, 1.82) is 0 Å². The molecule has 1 aliphatic carbocycles. The Balaban J connectivity index is 1.82. The van der Waals surface area contributed by atoms with Gasteiger partial charge in [-0.25, -0.2) is 9.38 Å². The molecule has 1 saturated carbocycles. The van der Waals surface area contributed by atoms with E-state index in [0.717, 1.165) is 18.4 Å². The Labute approximate surface area is 125 Å². The maximum Gasteiger partial charge on any atom is 0.191 e. The van der Waals surface area contributed by atoms with E-state index in [-0.39, 0.29) is 11.9 Å². The van der Waals surface area contributed by atoms with Gasteiger partial charge in [0, 0.05) is 12.6 Å². The summed E-state index contributed by atoms with van der Waals surface area (Å²) >= 11 is 0. The number of halogens is 1. The second kappa shape index (κ2) is 7.29. The molecule has 1 aromatic carbocycles. The Morgan fingerprint density at radius 1 is 1.43 bits per heavy atom. The smallest absolute Gasteiger partial charge is 0.191 e. The second-order valence-corrected chi connectivity index (χ2v) is 5.57. The van der Waals surface area contributed by atoms with Gasteiger partial charge in [0.1, 0.15) is 17.7 Å². The Kier molecular flexibility index (Phi) is 5.42. The highest BCUT2D eigenvalue weighted by Gasteiger charge is 2.33. The van der Waals surface area contributed by atoms with E-state index < -0.39 is 0 Å². The first kappa shape index (κ1) is 15.6. The molecule has 1 aromatic rings. The van der Waals surface area contributed by atoms with Crippen molar-refractivity contribution in [1.82, 2.24) is 10.6 Å². The van der Waals surface area contributed by atoms with Crippen LogP contribution in [0.3, 0.4) is 0 Å². The highest BCUT2D eigenvalue weighted by atomic mass is 19.1. The highest BCUT2D eigenvalue weighted by molar-refractivity contribution is 5.80. The summed E-state index contributed by atoms with van der Waals surface area (Å²) in [5.74, 6) is 1.96. The van der Waals surface area contributed by atoms with Crippen LogP contribution in [-0.2, 0) is 0 Å². The lowest BCUT2D eigenvalue weighted by molar-refractivity contribution is 0.230. The third-order valence-electron chi connectivity index (χ3n) is 3.43. The number of aliphatic imine (C=N–C) groups is 1. The minimum Gasteiger partial charge on any atom is -0.489 e. The fourth-order valence-corrected chi connectivity index (χ4v) is 2.02. The molecule has 0 aliphatic heterocycles. The monoisotopic (exact) mass is 293 g/mol. The average molecular weight is 293 g/mol. The van der Waals surface area contributed by atoms with Crippen LogP contribution in [-0.4, -0.2) is 31.2 Å². The van der Waals surface area contributed by atoms with Gasteiger partial charge in [0.15, 0.2) is 5.96 Å². The Morgan fingerprint density at radius 2 is 2.10 bits per heavy atom. The summed E-state index contributed by atoms with van der Waals surface area (Å²) in [6, 6.07) is 6.59. The van der Waals surface area contributed by atoms with Crippen LogP contribution in [0, 0.1) is 11.7 Å². The normalized spacial score (nSPS) is 22.6. The molecule has 0 spiro atoms. The first-order chi connectivity index (χ1) is 10.1. The molecule has 0 heterocycles. The summed E-state index contributed by atoms with van der Waals surface area (Å²) in [7, 11) is 0. The lowest BCUT2D eigenvalue weighted by Gasteiger charge is -2.15. The molecule has 1 aliphatic rings. The summed E-state index contributed by atoms with van der Waals surface area (Å²) in [4.78, 5) is 4.54. The predicted molar refractivity (Wildman–Crippen MR) is 83.2 cm³/mol. The number of nitrogens with one attached hydrogen (secondary N) is 2. The average Bonchev–Trinajstić information content (AvgIpc) is 3.14. The molecule has 3 unspecified atom stereocenters. The fraction of sp³-hybridized carbons (Fsp3) is 0.562. The van der Waals surface area contributed by atoms with Gasteiger partial charge in [0.05, 0.1) is 6.54 Å². The molecule has 4 nitrogen and oxygen atoms in total. The molecule has 116 valence electrons. The van der Waals surface area contributed by atoms with Gasteiger partial charge in [-0.15, -0.1) is 0 Å². The zero-order valence-corrected chi connectivity index (χ0v) is 12.9. The molecular formula is C16H24FN3O. The summed E-state index contributed by atoms with van der Waals surface area (Å²) in [6.07, 6.45) is 1.13. The molecule has 1 fully saturated rings. The van der Waals surface area contributed by atoms with Gasteiger partial charge < -0.3 is 15.4 Å². The number of nitrogens with zero attached hydrogens (tertiary/aromatic N) is 1. The highest BCUT2D eigenvalue weighted by Crippen LogP contribution is 2.28.